The summed E-state index contributed by atoms with van der Waals surface area (Å²) in [4.78, 5) is 10.7. The molecule has 0 aliphatic carbocycles. The lowest BCUT2D eigenvalue weighted by atomic mass is 9.90. The fourth-order valence-corrected chi connectivity index (χ4v) is 2.48. The molecular weight excluding hydrogens is 299 g/mol. The van der Waals surface area contributed by atoms with E-state index in [9.17, 15) is 9.50 Å². The molecule has 23 heavy (non-hydrogen) atoms. The Morgan fingerprint density at radius 3 is 2.57 bits per heavy atom. The van der Waals surface area contributed by atoms with Gasteiger partial charge in [0, 0.05) is 30.9 Å². The molecule has 1 saturated heterocycles. The largest absolute Gasteiger partial charge is 0.439 e. The van der Waals surface area contributed by atoms with Crippen molar-refractivity contribution in [3.8, 4) is 11.6 Å². The van der Waals surface area contributed by atoms with Crippen molar-refractivity contribution < 1.29 is 14.2 Å². The van der Waals surface area contributed by atoms with Gasteiger partial charge in [-0.3, -0.25) is 0 Å². The molecule has 0 saturated carbocycles. The lowest BCUT2D eigenvalue weighted by Crippen LogP contribution is -2.53. The number of ether oxygens (including phenoxy) is 1. The van der Waals surface area contributed by atoms with Crippen LogP contribution in [0.5, 0.6) is 11.6 Å². The second kappa shape index (κ2) is 6.47. The molecule has 3 rings (SSSR count). The third-order valence-electron chi connectivity index (χ3n) is 4.01. The van der Waals surface area contributed by atoms with Crippen LogP contribution in [0.2, 0.25) is 0 Å². The molecule has 0 unspecified atom stereocenters. The Bertz CT molecular complexity index is 657. The summed E-state index contributed by atoms with van der Waals surface area (Å²) in [5.74, 6) is 1.15. The number of benzene rings is 1. The summed E-state index contributed by atoms with van der Waals surface area (Å²) in [5.41, 5.74) is 5.55. The third-order valence-corrected chi connectivity index (χ3v) is 4.01. The van der Waals surface area contributed by atoms with Crippen LogP contribution in [0.3, 0.4) is 0 Å². The maximum Gasteiger partial charge on any atom is 0.228 e. The van der Waals surface area contributed by atoms with Crippen LogP contribution in [-0.4, -0.2) is 40.3 Å². The normalized spacial score (nSPS) is 17.1. The van der Waals surface area contributed by atoms with Gasteiger partial charge in [0.15, 0.2) is 0 Å². The minimum absolute atomic E-state index is 0.0184. The fourth-order valence-electron chi connectivity index (χ4n) is 2.48. The number of hydrogen-bond donors (Lipinski definition) is 2. The molecule has 1 aromatic carbocycles. The number of aromatic nitrogens is 2. The van der Waals surface area contributed by atoms with Crippen molar-refractivity contribution in [3.63, 3.8) is 0 Å². The van der Waals surface area contributed by atoms with Gasteiger partial charge in [-0.05, 0) is 37.1 Å². The van der Waals surface area contributed by atoms with Crippen LogP contribution in [0.1, 0.15) is 12.8 Å². The van der Waals surface area contributed by atoms with Gasteiger partial charge < -0.3 is 20.5 Å². The summed E-state index contributed by atoms with van der Waals surface area (Å²) in [6.45, 7) is 1.34. The molecule has 0 atom stereocenters. The Labute approximate surface area is 133 Å². The van der Waals surface area contributed by atoms with Crippen LogP contribution in [0.25, 0.3) is 0 Å². The molecule has 0 spiro atoms. The van der Waals surface area contributed by atoms with E-state index >= 15 is 0 Å². The molecule has 2 heterocycles. The summed E-state index contributed by atoms with van der Waals surface area (Å²) in [7, 11) is 0. The average molecular weight is 318 g/mol. The minimum atomic E-state index is -0.515. The molecule has 1 aliphatic rings. The van der Waals surface area contributed by atoms with Gasteiger partial charge >= 0.3 is 0 Å². The number of halogens is 1. The Balaban J connectivity index is 1.69. The van der Waals surface area contributed by atoms with Gasteiger partial charge in [-0.25, -0.2) is 9.37 Å². The zero-order valence-corrected chi connectivity index (χ0v) is 12.7. The van der Waals surface area contributed by atoms with Gasteiger partial charge in [0.05, 0.1) is 6.61 Å². The fraction of sp³-hybridized carbons (Fsp3) is 0.375. The van der Waals surface area contributed by atoms with E-state index in [2.05, 4.69) is 9.97 Å². The zero-order valence-electron chi connectivity index (χ0n) is 12.7. The molecule has 1 aliphatic heterocycles. The summed E-state index contributed by atoms with van der Waals surface area (Å²) >= 11 is 0. The number of rotatable bonds is 4. The standard InChI is InChI=1S/C16H19FN4O2/c17-12-1-3-13(4-2-12)23-14-5-8-19-15(20-14)21-9-6-16(18,11-22)7-10-21/h1-5,8,22H,6-7,9-11,18H2. The van der Waals surface area contributed by atoms with E-state index in [0.717, 1.165) is 0 Å². The summed E-state index contributed by atoms with van der Waals surface area (Å²) < 4.78 is 18.5. The van der Waals surface area contributed by atoms with E-state index in [1.54, 1.807) is 24.4 Å². The van der Waals surface area contributed by atoms with Crippen molar-refractivity contribution in [2.75, 3.05) is 24.6 Å². The number of piperidine rings is 1. The van der Waals surface area contributed by atoms with Crippen molar-refractivity contribution in [1.82, 2.24) is 9.97 Å². The lowest BCUT2D eigenvalue weighted by molar-refractivity contribution is 0.169. The average Bonchev–Trinajstić information content (AvgIpc) is 2.58. The number of anilines is 1. The first-order chi connectivity index (χ1) is 11.1. The molecule has 2 aromatic rings. The number of nitrogens with zero attached hydrogens (tertiary/aromatic N) is 3. The number of nitrogens with two attached hydrogens (primary N) is 1. The second-order valence-corrected chi connectivity index (χ2v) is 5.76. The van der Waals surface area contributed by atoms with E-state index < -0.39 is 5.54 Å². The molecule has 7 heteroatoms. The van der Waals surface area contributed by atoms with Gasteiger partial charge in [-0.2, -0.15) is 4.98 Å². The van der Waals surface area contributed by atoms with Crippen molar-refractivity contribution >= 4 is 5.95 Å². The maximum absolute atomic E-state index is 12.9. The smallest absolute Gasteiger partial charge is 0.228 e. The summed E-state index contributed by atoms with van der Waals surface area (Å²) in [5, 5.41) is 9.31. The summed E-state index contributed by atoms with van der Waals surface area (Å²) in [6.07, 6.45) is 2.98. The molecule has 3 N–H and O–H groups in total. The third kappa shape index (κ3) is 3.75. The zero-order chi connectivity index (χ0) is 16.3. The summed E-state index contributed by atoms with van der Waals surface area (Å²) in [6, 6.07) is 7.40. The predicted octanol–water partition coefficient (Wildman–Crippen LogP) is 1.70. The molecule has 1 fully saturated rings. The van der Waals surface area contributed by atoms with Crippen LogP contribution in [0.15, 0.2) is 36.5 Å². The predicted molar refractivity (Wildman–Crippen MR) is 84.0 cm³/mol. The Hall–Kier alpha value is -2.25. The number of aliphatic hydroxyl groups is 1. The van der Waals surface area contributed by atoms with Gasteiger partial charge in [-0.15, -0.1) is 0 Å². The van der Waals surface area contributed by atoms with Crippen molar-refractivity contribution in [1.29, 1.82) is 0 Å². The highest BCUT2D eigenvalue weighted by molar-refractivity contribution is 5.35. The van der Waals surface area contributed by atoms with E-state index in [1.807, 2.05) is 4.90 Å². The van der Waals surface area contributed by atoms with Gasteiger partial charge in [-0.1, -0.05) is 0 Å². The van der Waals surface area contributed by atoms with Gasteiger partial charge in [0.2, 0.25) is 11.8 Å². The van der Waals surface area contributed by atoms with Crippen molar-refractivity contribution in [2.45, 2.75) is 18.4 Å². The van der Waals surface area contributed by atoms with Crippen molar-refractivity contribution in [2.24, 2.45) is 5.73 Å². The Kier molecular flexibility index (Phi) is 4.40. The van der Waals surface area contributed by atoms with Crippen LogP contribution >= 0.6 is 0 Å². The highest BCUT2D eigenvalue weighted by Crippen LogP contribution is 2.25. The number of hydrogen-bond acceptors (Lipinski definition) is 6. The first-order valence-corrected chi connectivity index (χ1v) is 7.49. The van der Waals surface area contributed by atoms with E-state index in [4.69, 9.17) is 10.5 Å². The lowest BCUT2D eigenvalue weighted by Gasteiger charge is -2.37. The van der Waals surface area contributed by atoms with E-state index in [1.165, 1.54) is 12.1 Å². The van der Waals surface area contributed by atoms with Gasteiger partial charge in [0.1, 0.15) is 11.6 Å². The maximum atomic E-state index is 12.9. The highest BCUT2D eigenvalue weighted by Gasteiger charge is 2.30. The van der Waals surface area contributed by atoms with E-state index in [0.29, 0.717) is 43.5 Å². The van der Waals surface area contributed by atoms with E-state index in [-0.39, 0.29) is 12.4 Å². The SMILES string of the molecule is NC1(CO)CCN(c2nccc(Oc3ccc(F)cc3)n2)CC1. The highest BCUT2D eigenvalue weighted by atomic mass is 19.1. The second-order valence-electron chi connectivity index (χ2n) is 5.76. The van der Waals surface area contributed by atoms with Crippen LogP contribution < -0.4 is 15.4 Å². The molecular formula is C16H19FN4O2. The van der Waals surface area contributed by atoms with Crippen molar-refractivity contribution in [3.05, 3.63) is 42.3 Å². The first kappa shape index (κ1) is 15.6. The molecule has 0 radical (unpaired) electrons. The Morgan fingerprint density at radius 1 is 1.22 bits per heavy atom. The van der Waals surface area contributed by atoms with Crippen LogP contribution in [-0.2, 0) is 0 Å². The Morgan fingerprint density at radius 2 is 1.91 bits per heavy atom. The molecule has 1 aromatic heterocycles. The number of aliphatic hydroxyl groups excluding tert-OH is 1. The minimum Gasteiger partial charge on any atom is -0.439 e. The monoisotopic (exact) mass is 318 g/mol. The first-order valence-electron chi connectivity index (χ1n) is 7.49. The molecule has 0 amide bonds. The van der Waals surface area contributed by atoms with Crippen LogP contribution in [0, 0.1) is 5.82 Å². The van der Waals surface area contributed by atoms with Crippen LogP contribution in [0.4, 0.5) is 10.3 Å². The van der Waals surface area contributed by atoms with Gasteiger partial charge in [0.25, 0.3) is 0 Å². The quantitative estimate of drug-likeness (QED) is 0.892. The molecule has 6 nitrogen and oxygen atoms in total. The topological polar surface area (TPSA) is 84.5 Å². The molecule has 122 valence electrons. The molecule has 0 bridgehead atoms.